The molecule has 1 N–H and O–H groups in total. The summed E-state index contributed by atoms with van der Waals surface area (Å²) in [6.45, 7) is 3.41. The van der Waals surface area contributed by atoms with E-state index in [0.29, 0.717) is 6.54 Å². The normalized spacial score (nSPS) is 22.1. The van der Waals surface area contributed by atoms with Crippen LogP contribution in [-0.2, 0) is 16.0 Å². The van der Waals surface area contributed by atoms with Gasteiger partial charge in [0.25, 0.3) is 0 Å². The number of methoxy groups -OCH3 is 1. The molecular formula is C12H17NO3S. The quantitative estimate of drug-likeness (QED) is 0.890. The minimum atomic E-state index is -0.771. The lowest BCUT2D eigenvalue weighted by Crippen LogP contribution is -2.42. The van der Waals surface area contributed by atoms with E-state index >= 15 is 0 Å². The molecule has 5 heteroatoms. The van der Waals surface area contributed by atoms with Gasteiger partial charge in [0.15, 0.2) is 0 Å². The highest BCUT2D eigenvalue weighted by molar-refractivity contribution is 7.10. The highest BCUT2D eigenvalue weighted by Gasteiger charge is 2.34. The third-order valence-electron chi connectivity index (χ3n) is 3.19. The Bertz CT molecular complexity index is 404. The van der Waals surface area contributed by atoms with E-state index in [0.717, 1.165) is 18.5 Å². The van der Waals surface area contributed by atoms with Crippen molar-refractivity contribution in [2.75, 3.05) is 20.2 Å². The minimum absolute atomic E-state index is 0.0528. The highest BCUT2D eigenvalue weighted by Crippen LogP contribution is 2.33. The van der Waals surface area contributed by atoms with E-state index in [4.69, 9.17) is 4.74 Å². The van der Waals surface area contributed by atoms with Gasteiger partial charge >= 0.3 is 5.97 Å². The second-order valence-electron chi connectivity index (χ2n) is 4.33. The van der Waals surface area contributed by atoms with Crippen molar-refractivity contribution in [2.45, 2.75) is 25.5 Å². The predicted molar refractivity (Wildman–Crippen MR) is 66.4 cm³/mol. The lowest BCUT2D eigenvalue weighted by Gasteiger charge is -2.34. The lowest BCUT2D eigenvalue weighted by molar-refractivity contribution is -0.144. The topological polar surface area (TPSA) is 49.8 Å². The second-order valence-corrected chi connectivity index (χ2v) is 5.33. The zero-order valence-electron chi connectivity index (χ0n) is 10.0. The van der Waals surface area contributed by atoms with Crippen LogP contribution < -0.4 is 0 Å². The van der Waals surface area contributed by atoms with Crippen LogP contribution in [0.15, 0.2) is 11.4 Å². The summed E-state index contributed by atoms with van der Waals surface area (Å²) in [6.07, 6.45) is 0.991. The van der Waals surface area contributed by atoms with Crippen LogP contribution in [0.4, 0.5) is 0 Å². The van der Waals surface area contributed by atoms with Gasteiger partial charge in [0.1, 0.15) is 6.04 Å². The number of aliphatic carboxylic acids is 1. The van der Waals surface area contributed by atoms with E-state index in [1.54, 1.807) is 18.4 Å². The molecule has 1 aliphatic rings. The summed E-state index contributed by atoms with van der Waals surface area (Å²) in [5, 5.41) is 11.4. The number of thiophene rings is 1. The number of ether oxygens (including phenoxy) is 1. The fraction of sp³-hybridized carbons (Fsp3) is 0.583. The number of nitrogens with zero attached hydrogens (tertiary/aromatic N) is 1. The van der Waals surface area contributed by atoms with Crippen LogP contribution in [0.25, 0.3) is 0 Å². The van der Waals surface area contributed by atoms with Crippen LogP contribution >= 0.6 is 11.3 Å². The number of carboxylic acid groups (broad SMARTS) is 1. The monoisotopic (exact) mass is 255 g/mol. The maximum absolute atomic E-state index is 11.4. The van der Waals surface area contributed by atoms with E-state index in [1.807, 2.05) is 23.3 Å². The van der Waals surface area contributed by atoms with Crippen LogP contribution in [0.5, 0.6) is 0 Å². The minimum Gasteiger partial charge on any atom is -0.480 e. The molecule has 2 heterocycles. The smallest absolute Gasteiger partial charge is 0.325 e. The van der Waals surface area contributed by atoms with Crippen LogP contribution in [0.1, 0.15) is 23.4 Å². The van der Waals surface area contributed by atoms with Crippen molar-refractivity contribution in [1.29, 1.82) is 0 Å². The average molecular weight is 255 g/mol. The lowest BCUT2D eigenvalue weighted by atomic mass is 10.00. The van der Waals surface area contributed by atoms with E-state index in [9.17, 15) is 9.90 Å². The van der Waals surface area contributed by atoms with Gasteiger partial charge in [0.05, 0.1) is 6.10 Å². The third kappa shape index (κ3) is 2.51. The number of rotatable bonds is 4. The van der Waals surface area contributed by atoms with E-state index in [2.05, 4.69) is 0 Å². The highest BCUT2D eigenvalue weighted by atomic mass is 32.1. The van der Waals surface area contributed by atoms with Crippen LogP contribution in [0, 0.1) is 0 Å². The van der Waals surface area contributed by atoms with Crippen molar-refractivity contribution in [1.82, 2.24) is 4.90 Å². The molecule has 0 aromatic carbocycles. The summed E-state index contributed by atoms with van der Waals surface area (Å²) in [5.41, 5.74) is 0.956. The van der Waals surface area contributed by atoms with Crippen LogP contribution in [0.2, 0.25) is 0 Å². The van der Waals surface area contributed by atoms with E-state index < -0.39 is 12.0 Å². The number of hydrogen-bond donors (Lipinski definition) is 1. The second kappa shape index (κ2) is 5.16. The molecule has 0 amide bonds. The van der Waals surface area contributed by atoms with Gasteiger partial charge in [0.2, 0.25) is 0 Å². The average Bonchev–Trinajstić information content (AvgIpc) is 2.75. The summed E-state index contributed by atoms with van der Waals surface area (Å²) in [4.78, 5) is 14.6. The molecule has 1 aromatic heterocycles. The molecule has 0 saturated carbocycles. The SMILES string of the molecule is COC(C)CN1CCc2sccc2C1C(=O)O. The van der Waals surface area contributed by atoms with Crippen LogP contribution in [0.3, 0.4) is 0 Å². The molecule has 1 aromatic rings. The summed E-state index contributed by atoms with van der Waals surface area (Å²) < 4.78 is 5.22. The molecule has 1 aliphatic heterocycles. The Kier molecular flexibility index (Phi) is 3.81. The molecule has 2 rings (SSSR count). The summed E-state index contributed by atoms with van der Waals surface area (Å²) in [5.74, 6) is -0.771. The maximum atomic E-state index is 11.4. The molecule has 94 valence electrons. The molecule has 2 atom stereocenters. The van der Waals surface area contributed by atoms with Crippen molar-refractivity contribution in [3.8, 4) is 0 Å². The molecule has 0 aliphatic carbocycles. The first kappa shape index (κ1) is 12.5. The Hall–Kier alpha value is -0.910. The zero-order chi connectivity index (χ0) is 12.4. The number of hydrogen-bond acceptors (Lipinski definition) is 4. The standard InChI is InChI=1S/C12H17NO3S/c1-8(16-2)7-13-5-3-10-9(4-6-17-10)11(13)12(14)15/h4,6,8,11H,3,5,7H2,1-2H3,(H,14,15). The number of carboxylic acids is 1. The van der Waals surface area contributed by atoms with Gasteiger partial charge in [-0.25, -0.2) is 0 Å². The van der Waals surface area contributed by atoms with Crippen molar-refractivity contribution in [2.24, 2.45) is 0 Å². The Morgan fingerprint density at radius 2 is 2.53 bits per heavy atom. The van der Waals surface area contributed by atoms with E-state index in [-0.39, 0.29) is 6.10 Å². The number of fused-ring (bicyclic) bond motifs is 1. The molecule has 0 saturated heterocycles. The first-order valence-electron chi connectivity index (χ1n) is 5.69. The first-order valence-corrected chi connectivity index (χ1v) is 6.57. The Morgan fingerprint density at radius 3 is 3.18 bits per heavy atom. The molecule has 17 heavy (non-hydrogen) atoms. The predicted octanol–water partition coefficient (Wildman–Crippen LogP) is 1.77. The molecule has 0 fully saturated rings. The van der Waals surface area contributed by atoms with Gasteiger partial charge in [-0.3, -0.25) is 9.69 Å². The van der Waals surface area contributed by atoms with Crippen molar-refractivity contribution >= 4 is 17.3 Å². The first-order chi connectivity index (χ1) is 8.13. The molecular weight excluding hydrogens is 238 g/mol. The fourth-order valence-electron chi connectivity index (χ4n) is 2.26. The van der Waals surface area contributed by atoms with Crippen molar-refractivity contribution in [3.63, 3.8) is 0 Å². The van der Waals surface area contributed by atoms with Crippen molar-refractivity contribution < 1.29 is 14.6 Å². The maximum Gasteiger partial charge on any atom is 0.325 e. The van der Waals surface area contributed by atoms with Crippen molar-refractivity contribution in [3.05, 3.63) is 21.9 Å². The molecule has 2 unspecified atom stereocenters. The van der Waals surface area contributed by atoms with Gasteiger partial charge in [-0.05, 0) is 30.4 Å². The Labute approximate surface area is 105 Å². The fourth-order valence-corrected chi connectivity index (χ4v) is 3.16. The van der Waals surface area contributed by atoms with Gasteiger partial charge in [-0.1, -0.05) is 0 Å². The largest absolute Gasteiger partial charge is 0.480 e. The molecule has 0 bridgehead atoms. The van der Waals surface area contributed by atoms with Gasteiger partial charge in [-0.15, -0.1) is 11.3 Å². The summed E-state index contributed by atoms with van der Waals surface area (Å²) >= 11 is 1.65. The van der Waals surface area contributed by atoms with Crippen LogP contribution in [-0.4, -0.2) is 42.3 Å². The Morgan fingerprint density at radius 1 is 1.76 bits per heavy atom. The molecule has 0 spiro atoms. The summed E-state index contributed by atoms with van der Waals surface area (Å²) in [7, 11) is 1.65. The zero-order valence-corrected chi connectivity index (χ0v) is 10.9. The van der Waals surface area contributed by atoms with Gasteiger partial charge in [-0.2, -0.15) is 0 Å². The number of carbonyl (C=O) groups is 1. The third-order valence-corrected chi connectivity index (χ3v) is 4.19. The van der Waals surface area contributed by atoms with Gasteiger partial charge in [0, 0.05) is 25.1 Å². The van der Waals surface area contributed by atoms with Gasteiger partial charge < -0.3 is 9.84 Å². The molecule has 0 radical (unpaired) electrons. The summed E-state index contributed by atoms with van der Waals surface area (Å²) in [6, 6.07) is 1.42. The Balaban J connectivity index is 2.21. The molecule has 4 nitrogen and oxygen atoms in total. The van der Waals surface area contributed by atoms with E-state index in [1.165, 1.54) is 4.88 Å².